The lowest BCUT2D eigenvalue weighted by Gasteiger charge is -2.34. The fraction of sp³-hybridized carbons (Fsp3) is 0.364. The number of thiazole rings is 2. The Labute approximate surface area is 178 Å². The number of benzene rings is 2. The van der Waals surface area contributed by atoms with Crippen LogP contribution in [0, 0.1) is 0 Å². The van der Waals surface area contributed by atoms with Crippen LogP contribution in [0.2, 0.25) is 0 Å². The van der Waals surface area contributed by atoms with Gasteiger partial charge < -0.3 is 14.5 Å². The molecule has 1 aliphatic heterocycles. The highest BCUT2D eigenvalue weighted by Gasteiger charge is 2.23. The van der Waals surface area contributed by atoms with Crippen molar-refractivity contribution >= 4 is 53.4 Å². The maximum Gasteiger partial charge on any atom is 0.186 e. The molecule has 4 aromatic rings. The summed E-state index contributed by atoms with van der Waals surface area (Å²) in [6.45, 7) is 8.72. The molecule has 3 heterocycles. The van der Waals surface area contributed by atoms with Crippen molar-refractivity contribution in [3.63, 3.8) is 0 Å². The molecule has 2 aromatic heterocycles. The third kappa shape index (κ3) is 3.42. The molecular formula is C22H24N4OS2. The number of nitrogens with zero attached hydrogens (tertiary/aromatic N) is 4. The van der Waals surface area contributed by atoms with E-state index < -0.39 is 0 Å². The molecule has 1 saturated heterocycles. The number of para-hydroxylation sites is 2. The molecule has 0 radical (unpaired) electrons. The van der Waals surface area contributed by atoms with Gasteiger partial charge in [-0.2, -0.15) is 0 Å². The van der Waals surface area contributed by atoms with E-state index >= 15 is 0 Å². The van der Waals surface area contributed by atoms with Gasteiger partial charge in [-0.25, -0.2) is 9.97 Å². The van der Waals surface area contributed by atoms with Crippen LogP contribution in [0.15, 0.2) is 36.4 Å². The highest BCUT2D eigenvalue weighted by Crippen LogP contribution is 2.36. The molecule has 0 aliphatic carbocycles. The van der Waals surface area contributed by atoms with E-state index in [9.17, 15) is 0 Å². The Morgan fingerprint density at radius 2 is 1.41 bits per heavy atom. The summed E-state index contributed by atoms with van der Waals surface area (Å²) in [5.41, 5.74) is 3.49. The molecule has 7 heteroatoms. The van der Waals surface area contributed by atoms with E-state index in [4.69, 9.17) is 14.7 Å². The first-order valence-electron chi connectivity index (χ1n) is 10.2. The summed E-state index contributed by atoms with van der Waals surface area (Å²) in [7, 11) is 0. The van der Waals surface area contributed by atoms with E-state index in [-0.39, 0.29) is 0 Å². The monoisotopic (exact) mass is 424 g/mol. The van der Waals surface area contributed by atoms with Gasteiger partial charge in [-0.15, -0.1) is 0 Å². The van der Waals surface area contributed by atoms with Crippen LogP contribution in [0.3, 0.4) is 0 Å². The summed E-state index contributed by atoms with van der Waals surface area (Å²) in [6.07, 6.45) is 1.02. The fourth-order valence-electron chi connectivity index (χ4n) is 3.82. The second kappa shape index (κ2) is 7.80. The summed E-state index contributed by atoms with van der Waals surface area (Å²) in [4.78, 5) is 14.7. The van der Waals surface area contributed by atoms with Crippen LogP contribution in [0.4, 0.5) is 10.3 Å². The zero-order valence-electron chi connectivity index (χ0n) is 16.7. The Bertz CT molecular complexity index is 1140. The minimum absolute atomic E-state index is 0.659. The smallest absolute Gasteiger partial charge is 0.186 e. The quantitative estimate of drug-likeness (QED) is 0.441. The topological polar surface area (TPSA) is 41.5 Å². The van der Waals surface area contributed by atoms with Gasteiger partial charge in [0.05, 0.1) is 21.5 Å². The minimum Gasteiger partial charge on any atom is -0.492 e. The number of ether oxygens (including phenoxy) is 1. The molecule has 5 nitrogen and oxygen atoms in total. The van der Waals surface area contributed by atoms with Crippen LogP contribution >= 0.6 is 22.7 Å². The highest BCUT2D eigenvalue weighted by molar-refractivity contribution is 7.22. The molecule has 0 spiro atoms. The number of aromatic nitrogens is 2. The van der Waals surface area contributed by atoms with Gasteiger partial charge in [-0.3, -0.25) is 0 Å². The zero-order chi connectivity index (χ0) is 19.8. The van der Waals surface area contributed by atoms with E-state index in [1.807, 2.05) is 30.4 Å². The summed E-state index contributed by atoms with van der Waals surface area (Å²) >= 11 is 3.56. The molecule has 0 saturated carbocycles. The molecule has 2 aromatic carbocycles. The zero-order valence-corrected chi connectivity index (χ0v) is 18.4. The maximum absolute atomic E-state index is 5.75. The number of fused-ring (bicyclic) bond motifs is 2. The molecule has 5 rings (SSSR count). The molecule has 0 unspecified atom stereocenters. The van der Waals surface area contributed by atoms with Crippen molar-refractivity contribution in [2.24, 2.45) is 0 Å². The largest absolute Gasteiger partial charge is 0.492 e. The van der Waals surface area contributed by atoms with E-state index in [2.05, 4.69) is 41.0 Å². The van der Waals surface area contributed by atoms with Crippen LogP contribution < -0.4 is 14.5 Å². The van der Waals surface area contributed by atoms with Crippen LogP contribution in [0.1, 0.15) is 19.4 Å². The predicted octanol–water partition coefficient (Wildman–Crippen LogP) is 5.19. The summed E-state index contributed by atoms with van der Waals surface area (Å²) in [5, 5.41) is 2.23. The van der Waals surface area contributed by atoms with Crippen molar-refractivity contribution in [1.29, 1.82) is 0 Å². The van der Waals surface area contributed by atoms with Gasteiger partial charge in [0.15, 0.2) is 10.3 Å². The van der Waals surface area contributed by atoms with Crippen LogP contribution in [-0.2, 0) is 6.42 Å². The normalized spacial score (nSPS) is 14.8. The molecule has 0 atom stereocenters. The number of hydrogen-bond acceptors (Lipinski definition) is 7. The first-order chi connectivity index (χ1) is 14.3. The molecule has 0 amide bonds. The third-order valence-corrected chi connectivity index (χ3v) is 7.53. The number of piperazine rings is 1. The van der Waals surface area contributed by atoms with Gasteiger partial charge in [0, 0.05) is 26.2 Å². The first kappa shape index (κ1) is 18.6. The lowest BCUT2D eigenvalue weighted by atomic mass is 10.1. The lowest BCUT2D eigenvalue weighted by molar-refractivity contribution is 0.344. The number of rotatable bonds is 5. The predicted molar refractivity (Wildman–Crippen MR) is 124 cm³/mol. The Hall–Kier alpha value is -2.38. The van der Waals surface area contributed by atoms with Crippen molar-refractivity contribution in [2.45, 2.75) is 20.3 Å². The standard InChI is InChI=1S/C22H24N4OS2/c1-3-15-7-5-9-17-19(15)23-21(28-17)25-11-13-26(14-12-25)22-24-20-16(27-4-2)8-6-10-18(20)29-22/h5-10H,3-4,11-14H2,1-2H3. The SMILES string of the molecule is CCOc1cccc2sc(N3CCN(c4nc5c(CC)cccc5s4)CC3)nc12. The molecule has 0 N–H and O–H groups in total. The third-order valence-electron chi connectivity index (χ3n) is 5.36. The van der Waals surface area contributed by atoms with Crippen LogP contribution in [-0.4, -0.2) is 42.8 Å². The average molecular weight is 425 g/mol. The fourth-order valence-corrected chi connectivity index (χ4v) is 5.92. The molecular weight excluding hydrogens is 400 g/mol. The molecule has 29 heavy (non-hydrogen) atoms. The second-order valence-electron chi connectivity index (χ2n) is 7.12. The average Bonchev–Trinajstić information content (AvgIpc) is 3.39. The Balaban J connectivity index is 1.34. The van der Waals surface area contributed by atoms with Gasteiger partial charge in [0.25, 0.3) is 0 Å². The van der Waals surface area contributed by atoms with Crippen molar-refractivity contribution in [3.05, 3.63) is 42.0 Å². The molecule has 1 fully saturated rings. The van der Waals surface area contributed by atoms with E-state index in [0.29, 0.717) is 6.61 Å². The minimum atomic E-state index is 0.659. The lowest BCUT2D eigenvalue weighted by Crippen LogP contribution is -2.46. The molecule has 1 aliphatic rings. The second-order valence-corrected chi connectivity index (χ2v) is 9.14. The Morgan fingerprint density at radius 3 is 2.03 bits per heavy atom. The molecule has 150 valence electrons. The number of hydrogen-bond donors (Lipinski definition) is 0. The van der Waals surface area contributed by atoms with Gasteiger partial charge >= 0.3 is 0 Å². The van der Waals surface area contributed by atoms with E-state index in [0.717, 1.165) is 54.1 Å². The van der Waals surface area contributed by atoms with Crippen molar-refractivity contribution < 1.29 is 4.74 Å². The van der Waals surface area contributed by atoms with Gasteiger partial charge in [-0.1, -0.05) is 47.8 Å². The van der Waals surface area contributed by atoms with Crippen LogP contribution in [0.5, 0.6) is 5.75 Å². The van der Waals surface area contributed by atoms with Gasteiger partial charge in [0.1, 0.15) is 11.3 Å². The van der Waals surface area contributed by atoms with Crippen molar-refractivity contribution in [3.8, 4) is 5.75 Å². The molecule has 0 bridgehead atoms. The van der Waals surface area contributed by atoms with Crippen molar-refractivity contribution in [2.75, 3.05) is 42.6 Å². The maximum atomic E-state index is 5.75. The summed E-state index contributed by atoms with van der Waals surface area (Å²) < 4.78 is 8.23. The van der Waals surface area contributed by atoms with E-state index in [1.165, 1.54) is 20.5 Å². The van der Waals surface area contributed by atoms with Crippen molar-refractivity contribution in [1.82, 2.24) is 9.97 Å². The highest BCUT2D eigenvalue weighted by atomic mass is 32.1. The van der Waals surface area contributed by atoms with Gasteiger partial charge in [0.2, 0.25) is 0 Å². The number of aryl methyl sites for hydroxylation is 1. The van der Waals surface area contributed by atoms with Crippen LogP contribution in [0.25, 0.3) is 20.4 Å². The van der Waals surface area contributed by atoms with Gasteiger partial charge in [-0.05, 0) is 37.1 Å². The summed E-state index contributed by atoms with van der Waals surface area (Å²) in [5.74, 6) is 0.882. The first-order valence-corrected chi connectivity index (χ1v) is 11.8. The summed E-state index contributed by atoms with van der Waals surface area (Å²) in [6, 6.07) is 12.7. The van der Waals surface area contributed by atoms with E-state index in [1.54, 1.807) is 11.3 Å². The Morgan fingerprint density at radius 1 is 0.828 bits per heavy atom. The number of anilines is 2. The Kier molecular flexibility index (Phi) is 5.01.